The van der Waals surface area contributed by atoms with Crippen molar-refractivity contribution < 1.29 is 9.47 Å². The Balaban J connectivity index is 2.30. The van der Waals surface area contributed by atoms with Crippen molar-refractivity contribution in [1.29, 1.82) is 0 Å². The van der Waals surface area contributed by atoms with Crippen LogP contribution in [0.1, 0.15) is 5.56 Å². The van der Waals surface area contributed by atoms with Gasteiger partial charge in [0.25, 0.3) is 0 Å². The van der Waals surface area contributed by atoms with Gasteiger partial charge in [-0.05, 0) is 24.3 Å². The summed E-state index contributed by atoms with van der Waals surface area (Å²) in [6.07, 6.45) is 0. The largest absolute Gasteiger partial charge is 0.497 e. The molecule has 2 aromatic carbocycles. The number of ether oxygens (including phenoxy) is 2. The standard InChI is InChI=1S/C15H16N2O2/c1-18-13-7-3-5-11(9-13)15(16)17-12-6-4-8-14(10-12)19-2/h3-10H,1-2H3,(H2,16,17). The highest BCUT2D eigenvalue weighted by Crippen LogP contribution is 2.20. The van der Waals surface area contributed by atoms with E-state index in [0.717, 1.165) is 22.7 Å². The van der Waals surface area contributed by atoms with Crippen LogP contribution < -0.4 is 15.2 Å². The predicted molar refractivity (Wildman–Crippen MR) is 76.4 cm³/mol. The van der Waals surface area contributed by atoms with Crippen LogP contribution in [-0.2, 0) is 0 Å². The third-order valence-corrected chi connectivity index (χ3v) is 2.67. The Kier molecular flexibility index (Phi) is 4.03. The molecule has 2 N–H and O–H groups in total. The van der Waals surface area contributed by atoms with Gasteiger partial charge in [0.1, 0.15) is 17.3 Å². The van der Waals surface area contributed by atoms with Gasteiger partial charge in [-0.1, -0.05) is 18.2 Å². The van der Waals surface area contributed by atoms with Crippen LogP contribution in [0.25, 0.3) is 0 Å². The summed E-state index contributed by atoms with van der Waals surface area (Å²) in [4.78, 5) is 4.37. The highest BCUT2D eigenvalue weighted by Gasteiger charge is 2.01. The maximum absolute atomic E-state index is 6.00. The number of benzene rings is 2. The Morgan fingerprint density at radius 1 is 0.947 bits per heavy atom. The van der Waals surface area contributed by atoms with E-state index < -0.39 is 0 Å². The lowest BCUT2D eigenvalue weighted by molar-refractivity contribution is 0.414. The van der Waals surface area contributed by atoms with Gasteiger partial charge in [0.15, 0.2) is 0 Å². The molecule has 0 aliphatic carbocycles. The number of hydrogen-bond donors (Lipinski definition) is 1. The number of nitrogens with zero attached hydrogens (tertiary/aromatic N) is 1. The molecule has 98 valence electrons. The maximum Gasteiger partial charge on any atom is 0.131 e. The first-order valence-electron chi connectivity index (χ1n) is 5.85. The molecule has 0 spiro atoms. The zero-order valence-corrected chi connectivity index (χ0v) is 11.0. The zero-order chi connectivity index (χ0) is 13.7. The molecular formula is C15H16N2O2. The molecule has 2 rings (SSSR count). The fraction of sp³-hybridized carbons (Fsp3) is 0.133. The average molecular weight is 256 g/mol. The second kappa shape index (κ2) is 5.91. The van der Waals surface area contributed by atoms with Gasteiger partial charge in [0, 0.05) is 11.6 Å². The summed E-state index contributed by atoms with van der Waals surface area (Å²) in [6.45, 7) is 0. The molecule has 0 aliphatic heterocycles. The molecule has 0 heterocycles. The van der Waals surface area contributed by atoms with Gasteiger partial charge >= 0.3 is 0 Å². The normalized spacial score (nSPS) is 11.2. The molecule has 0 radical (unpaired) electrons. The van der Waals surface area contributed by atoms with Crippen molar-refractivity contribution in [1.82, 2.24) is 0 Å². The summed E-state index contributed by atoms with van der Waals surface area (Å²) >= 11 is 0. The van der Waals surface area contributed by atoms with E-state index in [-0.39, 0.29) is 0 Å². The minimum Gasteiger partial charge on any atom is -0.497 e. The summed E-state index contributed by atoms with van der Waals surface area (Å²) in [6, 6.07) is 14.9. The Morgan fingerprint density at radius 3 is 2.26 bits per heavy atom. The third-order valence-electron chi connectivity index (χ3n) is 2.67. The summed E-state index contributed by atoms with van der Waals surface area (Å²) < 4.78 is 10.3. The lowest BCUT2D eigenvalue weighted by atomic mass is 10.2. The van der Waals surface area contributed by atoms with Crippen molar-refractivity contribution in [3.05, 3.63) is 54.1 Å². The molecule has 0 bridgehead atoms. The monoisotopic (exact) mass is 256 g/mol. The van der Waals surface area contributed by atoms with E-state index in [1.54, 1.807) is 14.2 Å². The Labute approximate surface area is 112 Å². The first-order chi connectivity index (χ1) is 9.22. The highest BCUT2D eigenvalue weighted by atomic mass is 16.5. The van der Waals surface area contributed by atoms with E-state index in [1.807, 2.05) is 48.5 Å². The van der Waals surface area contributed by atoms with E-state index in [2.05, 4.69) is 4.99 Å². The van der Waals surface area contributed by atoms with Crippen molar-refractivity contribution in [3.63, 3.8) is 0 Å². The van der Waals surface area contributed by atoms with Gasteiger partial charge < -0.3 is 15.2 Å². The average Bonchev–Trinajstić information content (AvgIpc) is 2.47. The first-order valence-corrected chi connectivity index (χ1v) is 5.85. The van der Waals surface area contributed by atoms with E-state index >= 15 is 0 Å². The number of nitrogens with two attached hydrogens (primary N) is 1. The van der Waals surface area contributed by atoms with Crippen LogP contribution in [0, 0.1) is 0 Å². The van der Waals surface area contributed by atoms with E-state index in [9.17, 15) is 0 Å². The number of aliphatic imine (C=N–C) groups is 1. The zero-order valence-electron chi connectivity index (χ0n) is 11.0. The molecule has 19 heavy (non-hydrogen) atoms. The quantitative estimate of drug-likeness (QED) is 0.676. The van der Waals surface area contributed by atoms with Crippen LogP contribution in [0.4, 0.5) is 5.69 Å². The minimum absolute atomic E-state index is 0.437. The van der Waals surface area contributed by atoms with Crippen LogP contribution in [0.15, 0.2) is 53.5 Å². The van der Waals surface area contributed by atoms with Gasteiger partial charge in [-0.15, -0.1) is 0 Å². The lowest BCUT2D eigenvalue weighted by Crippen LogP contribution is -2.12. The molecule has 0 saturated heterocycles. The van der Waals surface area contributed by atoms with Crippen molar-refractivity contribution in [2.24, 2.45) is 10.7 Å². The van der Waals surface area contributed by atoms with Crippen LogP contribution in [0.3, 0.4) is 0 Å². The predicted octanol–water partition coefficient (Wildman–Crippen LogP) is 2.74. The van der Waals surface area contributed by atoms with E-state index in [4.69, 9.17) is 15.2 Å². The van der Waals surface area contributed by atoms with Gasteiger partial charge in [-0.25, -0.2) is 4.99 Å². The maximum atomic E-state index is 6.00. The molecule has 4 nitrogen and oxygen atoms in total. The van der Waals surface area contributed by atoms with Crippen molar-refractivity contribution >= 4 is 11.5 Å². The fourth-order valence-corrected chi connectivity index (χ4v) is 1.67. The smallest absolute Gasteiger partial charge is 0.131 e. The summed E-state index contributed by atoms with van der Waals surface area (Å²) in [5, 5.41) is 0. The second-order valence-electron chi connectivity index (χ2n) is 3.93. The lowest BCUT2D eigenvalue weighted by Gasteiger charge is -2.05. The molecule has 0 amide bonds. The summed E-state index contributed by atoms with van der Waals surface area (Å²) in [5.41, 5.74) is 7.57. The molecule has 0 fully saturated rings. The topological polar surface area (TPSA) is 56.8 Å². The molecular weight excluding hydrogens is 240 g/mol. The van der Waals surface area contributed by atoms with Gasteiger partial charge in [0.05, 0.1) is 19.9 Å². The third kappa shape index (κ3) is 3.25. The van der Waals surface area contributed by atoms with Gasteiger partial charge in [-0.3, -0.25) is 0 Å². The molecule has 0 unspecified atom stereocenters. The number of amidine groups is 1. The molecule has 0 aliphatic rings. The molecule has 0 saturated carbocycles. The van der Waals surface area contributed by atoms with Crippen LogP contribution >= 0.6 is 0 Å². The number of rotatable bonds is 4. The van der Waals surface area contributed by atoms with Crippen LogP contribution in [0.5, 0.6) is 11.5 Å². The first kappa shape index (κ1) is 13.0. The van der Waals surface area contributed by atoms with E-state index in [0.29, 0.717) is 5.84 Å². The van der Waals surface area contributed by atoms with Gasteiger partial charge in [-0.2, -0.15) is 0 Å². The molecule has 0 aromatic heterocycles. The highest BCUT2D eigenvalue weighted by molar-refractivity contribution is 5.99. The number of hydrogen-bond acceptors (Lipinski definition) is 3. The van der Waals surface area contributed by atoms with E-state index in [1.165, 1.54) is 0 Å². The Morgan fingerprint density at radius 2 is 1.58 bits per heavy atom. The van der Waals surface area contributed by atoms with Gasteiger partial charge in [0.2, 0.25) is 0 Å². The van der Waals surface area contributed by atoms with Crippen molar-refractivity contribution in [3.8, 4) is 11.5 Å². The van der Waals surface area contributed by atoms with Crippen molar-refractivity contribution in [2.75, 3.05) is 14.2 Å². The molecule has 0 atom stereocenters. The second-order valence-corrected chi connectivity index (χ2v) is 3.93. The summed E-state index contributed by atoms with van der Waals surface area (Å²) in [5.74, 6) is 1.94. The minimum atomic E-state index is 0.437. The van der Waals surface area contributed by atoms with Crippen molar-refractivity contribution in [2.45, 2.75) is 0 Å². The fourth-order valence-electron chi connectivity index (χ4n) is 1.67. The van der Waals surface area contributed by atoms with Crippen LogP contribution in [0.2, 0.25) is 0 Å². The molecule has 2 aromatic rings. The Hall–Kier alpha value is -2.49. The Bertz CT molecular complexity index is 594. The SMILES string of the molecule is COc1cccc(N=C(N)c2cccc(OC)c2)c1. The summed E-state index contributed by atoms with van der Waals surface area (Å²) in [7, 11) is 3.24. The molecule has 4 heteroatoms. The number of methoxy groups -OCH3 is 2. The van der Waals surface area contributed by atoms with Crippen LogP contribution in [-0.4, -0.2) is 20.1 Å².